The molecule has 0 saturated heterocycles. The highest BCUT2D eigenvalue weighted by atomic mass is 35.5. The number of hydrogen-bond acceptors (Lipinski definition) is 7. The number of benzene rings is 2. The number of nitrogens with one attached hydrogen (secondary N) is 2. The number of fused-ring (bicyclic) bond motifs is 1. The molecule has 0 spiro atoms. The largest absolute Gasteiger partial charge is 0.379 e. The fourth-order valence-corrected chi connectivity index (χ4v) is 3.51. The molecule has 11 heteroatoms. The van der Waals surface area contributed by atoms with Crippen LogP contribution < -0.4 is 10.6 Å². The number of nitriles is 2. The second-order valence-electron chi connectivity index (χ2n) is 6.69. The van der Waals surface area contributed by atoms with Crippen LogP contribution in [0.5, 0.6) is 0 Å². The van der Waals surface area contributed by atoms with E-state index in [9.17, 15) is 9.65 Å². The van der Waals surface area contributed by atoms with Gasteiger partial charge in [0.25, 0.3) is 0 Å². The summed E-state index contributed by atoms with van der Waals surface area (Å²) in [5.41, 5.74) is 3.04. The van der Waals surface area contributed by atoms with Gasteiger partial charge in [0.2, 0.25) is 0 Å². The lowest BCUT2D eigenvalue weighted by Crippen LogP contribution is -2.02. The lowest BCUT2D eigenvalue weighted by Gasteiger charge is -2.14. The van der Waals surface area contributed by atoms with E-state index in [0.717, 1.165) is 0 Å². The van der Waals surface area contributed by atoms with Crippen molar-refractivity contribution in [2.45, 2.75) is 13.1 Å². The average Bonchev–Trinajstić information content (AvgIpc) is 3.23. The van der Waals surface area contributed by atoms with Gasteiger partial charge in [-0.2, -0.15) is 10.5 Å². The first-order chi connectivity index (χ1) is 15.5. The van der Waals surface area contributed by atoms with Crippen molar-refractivity contribution in [2.75, 3.05) is 10.6 Å². The number of hydrogen-bond donors (Lipinski definition) is 2. The van der Waals surface area contributed by atoms with Crippen LogP contribution in [0.2, 0.25) is 10.0 Å². The van der Waals surface area contributed by atoms with E-state index in [1.807, 2.05) is 6.07 Å². The van der Waals surface area contributed by atoms with Crippen molar-refractivity contribution >= 4 is 51.2 Å². The van der Waals surface area contributed by atoms with Gasteiger partial charge in [-0.3, -0.25) is 4.98 Å². The number of pyridine rings is 1. The van der Waals surface area contributed by atoms with Gasteiger partial charge in [-0.15, -0.1) is 5.10 Å². The summed E-state index contributed by atoms with van der Waals surface area (Å²) in [5, 5.41) is 33.5. The fraction of sp³-hybridized carbons (Fsp3) is 0.0952. The third kappa shape index (κ3) is 4.40. The van der Waals surface area contributed by atoms with E-state index in [4.69, 9.17) is 28.5 Å². The average molecular weight is 467 g/mol. The highest BCUT2D eigenvalue weighted by molar-refractivity contribution is 6.36. The molecule has 4 aromatic rings. The standard InChI is InChI=1S/C21H13Cl2FN8/c22-17-6-13(1-2-19(17)24)29-20-12(8-26)9-28-21-16(20)5-14(7-18(21)23)27-10-15-11-32(4-3-25)31-30-15/h1-2,5-7,9,11,27H,4,10H2,(H,28,29). The van der Waals surface area contributed by atoms with Crippen molar-refractivity contribution in [3.8, 4) is 12.1 Å². The van der Waals surface area contributed by atoms with E-state index < -0.39 is 5.82 Å². The van der Waals surface area contributed by atoms with Crippen LogP contribution in [0.4, 0.5) is 21.5 Å². The molecule has 0 amide bonds. The number of halogens is 3. The van der Waals surface area contributed by atoms with Crippen molar-refractivity contribution in [2.24, 2.45) is 0 Å². The molecule has 158 valence electrons. The molecule has 0 aliphatic rings. The lowest BCUT2D eigenvalue weighted by molar-refractivity contribution is 0.628. The summed E-state index contributed by atoms with van der Waals surface area (Å²) < 4.78 is 15.0. The van der Waals surface area contributed by atoms with Crippen molar-refractivity contribution in [1.82, 2.24) is 20.0 Å². The Hall–Kier alpha value is -3.92. The van der Waals surface area contributed by atoms with Crippen LogP contribution in [0.3, 0.4) is 0 Å². The molecule has 0 radical (unpaired) electrons. The van der Waals surface area contributed by atoms with Gasteiger partial charge in [0.1, 0.15) is 24.1 Å². The zero-order chi connectivity index (χ0) is 22.7. The van der Waals surface area contributed by atoms with Gasteiger partial charge in [-0.1, -0.05) is 28.4 Å². The first-order valence-electron chi connectivity index (χ1n) is 9.22. The Morgan fingerprint density at radius 2 is 1.91 bits per heavy atom. The van der Waals surface area contributed by atoms with Crippen LogP contribution in [0.25, 0.3) is 10.9 Å². The van der Waals surface area contributed by atoms with Gasteiger partial charge < -0.3 is 10.6 Å². The summed E-state index contributed by atoms with van der Waals surface area (Å²) in [6, 6.07) is 11.8. The Bertz CT molecular complexity index is 1400. The van der Waals surface area contributed by atoms with Gasteiger partial charge in [-0.05, 0) is 30.3 Å². The molecule has 8 nitrogen and oxygen atoms in total. The predicted octanol–water partition coefficient (Wildman–Crippen LogP) is 5.02. The first-order valence-corrected chi connectivity index (χ1v) is 9.98. The summed E-state index contributed by atoms with van der Waals surface area (Å²) in [4.78, 5) is 4.30. The molecule has 4 rings (SSSR count). The van der Waals surface area contributed by atoms with E-state index in [2.05, 4.69) is 32.0 Å². The molecule has 0 aliphatic heterocycles. The van der Waals surface area contributed by atoms with Crippen molar-refractivity contribution < 1.29 is 4.39 Å². The van der Waals surface area contributed by atoms with Gasteiger partial charge in [0.05, 0.1) is 45.6 Å². The molecule has 0 fully saturated rings. The molecule has 2 heterocycles. The summed E-state index contributed by atoms with van der Waals surface area (Å²) in [7, 11) is 0. The minimum absolute atomic E-state index is 0.0447. The van der Waals surface area contributed by atoms with Crippen LogP contribution in [-0.4, -0.2) is 20.0 Å². The Morgan fingerprint density at radius 1 is 1.09 bits per heavy atom. The summed E-state index contributed by atoms with van der Waals surface area (Å²) in [6.45, 7) is 0.453. The second kappa shape index (κ2) is 9.06. The zero-order valence-electron chi connectivity index (χ0n) is 16.3. The van der Waals surface area contributed by atoms with Gasteiger partial charge in [0, 0.05) is 23.0 Å². The maximum atomic E-state index is 13.5. The Balaban J connectivity index is 1.70. The van der Waals surface area contributed by atoms with Gasteiger partial charge >= 0.3 is 0 Å². The first kappa shape index (κ1) is 21.3. The molecule has 2 N–H and O–H groups in total. The lowest BCUT2D eigenvalue weighted by atomic mass is 10.1. The highest BCUT2D eigenvalue weighted by Crippen LogP contribution is 2.35. The summed E-state index contributed by atoms with van der Waals surface area (Å²) in [5.74, 6) is -0.543. The van der Waals surface area contributed by atoms with Gasteiger partial charge in [-0.25, -0.2) is 9.07 Å². The number of nitrogens with zero attached hydrogens (tertiary/aromatic N) is 6. The third-order valence-electron chi connectivity index (χ3n) is 4.53. The van der Waals surface area contributed by atoms with E-state index in [-0.39, 0.29) is 17.1 Å². The molecule has 0 saturated carbocycles. The zero-order valence-corrected chi connectivity index (χ0v) is 17.8. The van der Waals surface area contributed by atoms with E-state index in [1.165, 1.54) is 29.1 Å². The summed E-state index contributed by atoms with van der Waals surface area (Å²) >= 11 is 12.3. The van der Waals surface area contributed by atoms with Crippen LogP contribution in [-0.2, 0) is 13.1 Å². The van der Waals surface area contributed by atoms with Crippen LogP contribution in [0.1, 0.15) is 11.3 Å². The molecular formula is C21H13Cl2FN8. The number of aromatic nitrogens is 4. The normalized spacial score (nSPS) is 10.5. The predicted molar refractivity (Wildman–Crippen MR) is 119 cm³/mol. The molecule has 0 aliphatic carbocycles. The fourth-order valence-electron chi connectivity index (χ4n) is 3.06. The third-order valence-corrected chi connectivity index (χ3v) is 5.10. The topological polar surface area (TPSA) is 115 Å². The van der Waals surface area contributed by atoms with E-state index in [0.29, 0.717) is 45.2 Å². The number of rotatable bonds is 6. The molecule has 0 unspecified atom stereocenters. The van der Waals surface area contributed by atoms with Crippen molar-refractivity contribution in [3.05, 3.63) is 69.8 Å². The Kier molecular flexibility index (Phi) is 6.04. The van der Waals surface area contributed by atoms with Crippen molar-refractivity contribution in [3.63, 3.8) is 0 Å². The molecule has 0 atom stereocenters. The quantitative estimate of drug-likeness (QED) is 0.409. The van der Waals surface area contributed by atoms with Crippen molar-refractivity contribution in [1.29, 1.82) is 10.5 Å². The summed E-state index contributed by atoms with van der Waals surface area (Å²) in [6.07, 6.45) is 3.09. The maximum Gasteiger partial charge on any atom is 0.141 e. The Morgan fingerprint density at radius 3 is 2.66 bits per heavy atom. The van der Waals surface area contributed by atoms with Crippen LogP contribution in [0, 0.1) is 28.5 Å². The molecular weight excluding hydrogens is 454 g/mol. The Labute approximate surface area is 191 Å². The van der Waals surface area contributed by atoms with Crippen LogP contribution >= 0.6 is 23.2 Å². The molecule has 2 aromatic carbocycles. The SMILES string of the molecule is N#CCn1cc(CNc2cc(Cl)c3ncc(C#N)c(Nc4ccc(F)c(Cl)c4)c3c2)nn1. The van der Waals surface area contributed by atoms with E-state index in [1.54, 1.807) is 18.3 Å². The number of anilines is 3. The smallest absolute Gasteiger partial charge is 0.141 e. The molecule has 32 heavy (non-hydrogen) atoms. The monoisotopic (exact) mass is 466 g/mol. The molecule has 0 bridgehead atoms. The van der Waals surface area contributed by atoms with E-state index >= 15 is 0 Å². The minimum atomic E-state index is -0.543. The highest BCUT2D eigenvalue weighted by Gasteiger charge is 2.14. The van der Waals surface area contributed by atoms with Gasteiger partial charge in [0.15, 0.2) is 0 Å². The molecule has 2 aromatic heterocycles. The second-order valence-corrected chi connectivity index (χ2v) is 7.50. The maximum absolute atomic E-state index is 13.5. The minimum Gasteiger partial charge on any atom is -0.379 e. The van der Waals surface area contributed by atoms with Crippen LogP contribution in [0.15, 0.2) is 42.7 Å².